The summed E-state index contributed by atoms with van der Waals surface area (Å²) in [6.45, 7) is 0. The average Bonchev–Trinajstić information content (AvgIpc) is 2.93. The van der Waals surface area contributed by atoms with Crippen LogP contribution in [0.25, 0.3) is 0 Å². The molecule has 0 atom stereocenters. The van der Waals surface area contributed by atoms with Gasteiger partial charge in [-0.3, -0.25) is 4.98 Å². The van der Waals surface area contributed by atoms with E-state index in [0.29, 0.717) is 5.46 Å². The number of pyridine rings is 1. The SMILES string of the molecule is C1=CC2=CC=NC2=N1.OB(O)c1cccnc1. The summed E-state index contributed by atoms with van der Waals surface area (Å²) >= 11 is 0. The Labute approximate surface area is 98.7 Å². The molecule has 6 heteroatoms. The second-order valence-electron chi connectivity index (χ2n) is 3.33. The van der Waals surface area contributed by atoms with Gasteiger partial charge in [0, 0.05) is 35.8 Å². The number of aromatic nitrogens is 1. The van der Waals surface area contributed by atoms with Crippen molar-refractivity contribution < 1.29 is 10.0 Å². The summed E-state index contributed by atoms with van der Waals surface area (Å²) in [4.78, 5) is 11.6. The van der Waals surface area contributed by atoms with Crippen LogP contribution in [0.5, 0.6) is 0 Å². The van der Waals surface area contributed by atoms with Crippen LogP contribution in [-0.4, -0.2) is 34.2 Å². The molecule has 0 bridgehead atoms. The molecule has 0 saturated carbocycles. The van der Waals surface area contributed by atoms with Crippen molar-refractivity contribution >= 4 is 24.6 Å². The molecule has 0 aliphatic carbocycles. The lowest BCUT2D eigenvalue weighted by atomic mass is 9.82. The van der Waals surface area contributed by atoms with Crippen molar-refractivity contribution in [3.05, 3.63) is 48.5 Å². The van der Waals surface area contributed by atoms with E-state index in [4.69, 9.17) is 10.0 Å². The molecule has 3 rings (SSSR count). The first kappa shape index (κ1) is 11.4. The van der Waals surface area contributed by atoms with Crippen LogP contribution in [0.3, 0.4) is 0 Å². The Morgan fingerprint density at radius 3 is 2.71 bits per heavy atom. The smallest absolute Gasteiger partial charge is 0.423 e. The van der Waals surface area contributed by atoms with Crippen molar-refractivity contribution in [3.8, 4) is 0 Å². The summed E-state index contributed by atoms with van der Waals surface area (Å²) in [5, 5.41) is 17.1. The third-order valence-corrected chi connectivity index (χ3v) is 2.14. The maximum atomic E-state index is 8.54. The average molecular weight is 227 g/mol. The van der Waals surface area contributed by atoms with Gasteiger partial charge in [0.25, 0.3) is 0 Å². The van der Waals surface area contributed by atoms with Gasteiger partial charge >= 0.3 is 7.12 Å². The van der Waals surface area contributed by atoms with Crippen LogP contribution >= 0.6 is 0 Å². The molecule has 0 aromatic carbocycles. The zero-order chi connectivity index (χ0) is 12.1. The van der Waals surface area contributed by atoms with Gasteiger partial charge in [0.15, 0.2) is 5.84 Å². The second-order valence-corrected chi connectivity index (χ2v) is 3.33. The van der Waals surface area contributed by atoms with Crippen molar-refractivity contribution in [2.75, 3.05) is 0 Å². The van der Waals surface area contributed by atoms with Crippen molar-refractivity contribution in [3.63, 3.8) is 0 Å². The minimum absolute atomic E-state index is 0.414. The van der Waals surface area contributed by atoms with E-state index >= 15 is 0 Å². The Morgan fingerprint density at radius 1 is 1.24 bits per heavy atom. The molecule has 5 nitrogen and oxygen atoms in total. The minimum Gasteiger partial charge on any atom is -0.423 e. The van der Waals surface area contributed by atoms with Crippen molar-refractivity contribution in [1.82, 2.24) is 4.98 Å². The molecular formula is C11H10BN3O2. The van der Waals surface area contributed by atoms with Gasteiger partial charge in [-0.2, -0.15) is 0 Å². The summed E-state index contributed by atoms with van der Waals surface area (Å²) in [5.41, 5.74) is 1.54. The predicted octanol–water partition coefficient (Wildman–Crippen LogP) is -0.316. The van der Waals surface area contributed by atoms with Gasteiger partial charge in [-0.15, -0.1) is 0 Å². The Bertz CT molecular complexity index is 481. The molecule has 17 heavy (non-hydrogen) atoms. The van der Waals surface area contributed by atoms with Crippen LogP contribution in [-0.2, 0) is 0 Å². The Hall–Kier alpha value is -2.05. The largest absolute Gasteiger partial charge is 0.490 e. The van der Waals surface area contributed by atoms with Crippen LogP contribution < -0.4 is 5.46 Å². The monoisotopic (exact) mass is 227 g/mol. The van der Waals surface area contributed by atoms with E-state index < -0.39 is 7.12 Å². The van der Waals surface area contributed by atoms with Gasteiger partial charge in [-0.1, -0.05) is 6.07 Å². The first-order chi connectivity index (χ1) is 8.27. The highest BCUT2D eigenvalue weighted by Crippen LogP contribution is 2.12. The van der Waals surface area contributed by atoms with Crippen LogP contribution in [0.15, 0.2) is 58.4 Å². The number of hydrogen-bond donors (Lipinski definition) is 2. The van der Waals surface area contributed by atoms with E-state index in [9.17, 15) is 0 Å². The highest BCUT2D eigenvalue weighted by Gasteiger charge is 2.08. The molecule has 84 valence electrons. The number of rotatable bonds is 1. The fraction of sp³-hybridized carbons (Fsp3) is 0. The predicted molar refractivity (Wildman–Crippen MR) is 67.2 cm³/mol. The summed E-state index contributed by atoms with van der Waals surface area (Å²) < 4.78 is 0. The quantitative estimate of drug-likeness (QED) is 0.645. The van der Waals surface area contributed by atoms with Gasteiger partial charge in [-0.05, 0) is 18.2 Å². The molecule has 0 spiro atoms. The van der Waals surface area contributed by atoms with Crippen molar-refractivity contribution in [1.29, 1.82) is 0 Å². The minimum atomic E-state index is -1.40. The van der Waals surface area contributed by atoms with Gasteiger partial charge in [-0.25, -0.2) is 9.98 Å². The number of amidine groups is 1. The van der Waals surface area contributed by atoms with Gasteiger partial charge in [0.2, 0.25) is 0 Å². The fourth-order valence-electron chi connectivity index (χ4n) is 1.29. The summed E-state index contributed by atoms with van der Waals surface area (Å²) in [5.74, 6) is 0.852. The van der Waals surface area contributed by atoms with Crippen molar-refractivity contribution in [2.24, 2.45) is 9.98 Å². The lowest BCUT2D eigenvalue weighted by Gasteiger charge is -1.93. The molecule has 1 aromatic heterocycles. The van der Waals surface area contributed by atoms with Crippen LogP contribution in [0.2, 0.25) is 0 Å². The molecule has 1 aromatic rings. The molecular weight excluding hydrogens is 217 g/mol. The lowest BCUT2D eigenvalue weighted by Crippen LogP contribution is -2.29. The number of fused-ring (bicyclic) bond motifs is 1. The van der Waals surface area contributed by atoms with E-state index in [1.807, 2.05) is 12.2 Å². The summed E-state index contributed by atoms with van der Waals surface area (Å²) in [6, 6.07) is 3.24. The molecule has 0 fully saturated rings. The number of hydrogen-bond acceptors (Lipinski definition) is 5. The zero-order valence-electron chi connectivity index (χ0n) is 8.93. The van der Waals surface area contributed by atoms with E-state index in [-0.39, 0.29) is 0 Å². The topological polar surface area (TPSA) is 78.1 Å². The summed E-state index contributed by atoms with van der Waals surface area (Å²) in [7, 11) is -1.40. The number of allylic oxidation sites excluding steroid dienone is 1. The first-order valence-corrected chi connectivity index (χ1v) is 5.02. The Balaban J connectivity index is 0.000000127. The molecule has 2 N–H and O–H groups in total. The molecule has 0 unspecified atom stereocenters. The fourth-order valence-corrected chi connectivity index (χ4v) is 1.29. The van der Waals surface area contributed by atoms with E-state index in [2.05, 4.69) is 15.0 Å². The summed E-state index contributed by atoms with van der Waals surface area (Å²) in [6.07, 6.45) is 10.4. The van der Waals surface area contributed by atoms with E-state index in [1.54, 1.807) is 30.7 Å². The molecule has 0 radical (unpaired) electrons. The van der Waals surface area contributed by atoms with Crippen molar-refractivity contribution in [2.45, 2.75) is 0 Å². The number of aliphatic imine (C=N–C) groups is 2. The van der Waals surface area contributed by atoms with Gasteiger partial charge in [0.1, 0.15) is 0 Å². The lowest BCUT2D eigenvalue weighted by molar-refractivity contribution is 0.425. The first-order valence-electron chi connectivity index (χ1n) is 5.02. The maximum absolute atomic E-state index is 8.54. The molecule has 3 heterocycles. The molecule has 0 saturated heterocycles. The van der Waals surface area contributed by atoms with E-state index in [0.717, 1.165) is 11.4 Å². The molecule has 2 aliphatic heterocycles. The van der Waals surface area contributed by atoms with Crippen LogP contribution in [0.1, 0.15) is 0 Å². The Morgan fingerprint density at radius 2 is 2.12 bits per heavy atom. The van der Waals surface area contributed by atoms with Crippen LogP contribution in [0.4, 0.5) is 0 Å². The molecule has 0 amide bonds. The number of nitrogens with zero attached hydrogens (tertiary/aromatic N) is 3. The van der Waals surface area contributed by atoms with E-state index in [1.165, 1.54) is 6.20 Å². The molecule has 2 aliphatic rings. The Kier molecular flexibility index (Phi) is 3.59. The second kappa shape index (κ2) is 5.33. The van der Waals surface area contributed by atoms with Gasteiger partial charge < -0.3 is 10.0 Å². The maximum Gasteiger partial charge on any atom is 0.490 e. The zero-order valence-corrected chi connectivity index (χ0v) is 8.93. The van der Waals surface area contributed by atoms with Gasteiger partial charge in [0.05, 0.1) is 0 Å². The highest BCUT2D eigenvalue weighted by atomic mass is 16.4. The normalized spacial score (nSPS) is 14.7. The third kappa shape index (κ3) is 2.96. The van der Waals surface area contributed by atoms with Crippen LogP contribution in [0, 0.1) is 0 Å². The highest BCUT2D eigenvalue weighted by molar-refractivity contribution is 6.58. The standard InChI is InChI=1S/C6H4N2.C5H6BNO2/c1-3-7-6-5(1)2-4-8-6;8-6(9)5-2-1-3-7-4-5/h1-4H;1-4,8-9H. The third-order valence-electron chi connectivity index (χ3n) is 2.14.